The standard InChI is InChI=1S/C27H38O5/c1-5-6-25(32-16(2)28)27(4,31)24-10-9-22-21-15-23(30)18-13-17(7-8-19(29)14-18)20(21)11-12-26(22,24)3/h5-7,15,18-20,22,24-25,29,31H,8-14H2,1-4H3/b6-5+/t18-,19-,20+,22-,24-,25-,26-,27?/m0/s1. The number of hydrogen-bond donors (Lipinski definition) is 2. The fourth-order valence-electron chi connectivity index (χ4n) is 7.41. The molecule has 0 heterocycles. The summed E-state index contributed by atoms with van der Waals surface area (Å²) >= 11 is 0. The lowest BCUT2D eigenvalue weighted by Crippen LogP contribution is -2.53. The van der Waals surface area contributed by atoms with E-state index in [0.717, 1.165) is 32.1 Å². The SMILES string of the molecule is C/C=C/[C@H](OC(C)=O)C(C)(O)[C@H]1CC[C@H]2C3=CC(=O)[C@H]4CC(=CC[C@H](O)C4)[C@H]3CC[C@]12C. The van der Waals surface area contributed by atoms with Crippen molar-refractivity contribution < 1.29 is 24.5 Å². The van der Waals surface area contributed by atoms with Crippen LogP contribution in [0, 0.1) is 29.1 Å². The maximum absolute atomic E-state index is 13.1. The van der Waals surface area contributed by atoms with E-state index in [1.54, 1.807) is 13.0 Å². The molecule has 2 saturated carbocycles. The topological polar surface area (TPSA) is 83.8 Å². The van der Waals surface area contributed by atoms with E-state index in [4.69, 9.17) is 4.74 Å². The van der Waals surface area contributed by atoms with Gasteiger partial charge in [-0.15, -0.1) is 0 Å². The van der Waals surface area contributed by atoms with Crippen LogP contribution in [0.1, 0.15) is 72.6 Å². The Bertz CT molecular complexity index is 865. The number of esters is 1. The predicted molar refractivity (Wildman–Crippen MR) is 123 cm³/mol. The highest BCUT2D eigenvalue weighted by molar-refractivity contribution is 5.93. The maximum Gasteiger partial charge on any atom is 0.303 e. The second kappa shape index (κ2) is 8.57. The first-order chi connectivity index (χ1) is 15.1. The largest absolute Gasteiger partial charge is 0.455 e. The van der Waals surface area contributed by atoms with Crippen LogP contribution in [0.25, 0.3) is 0 Å². The van der Waals surface area contributed by atoms with Crippen molar-refractivity contribution >= 4 is 11.8 Å². The molecule has 0 radical (unpaired) electrons. The fraction of sp³-hybridized carbons (Fsp3) is 0.704. The molecule has 0 spiro atoms. The number of ether oxygens (including phenoxy) is 1. The first kappa shape index (κ1) is 23.4. The molecule has 4 aliphatic carbocycles. The van der Waals surface area contributed by atoms with Gasteiger partial charge in [-0.3, -0.25) is 9.59 Å². The van der Waals surface area contributed by atoms with E-state index < -0.39 is 23.8 Å². The number of rotatable bonds is 4. The zero-order valence-corrected chi connectivity index (χ0v) is 19.8. The number of aliphatic hydroxyl groups excluding tert-OH is 1. The summed E-state index contributed by atoms with van der Waals surface area (Å²) in [6.07, 6.45) is 12.2. The van der Waals surface area contributed by atoms with Gasteiger partial charge in [-0.1, -0.05) is 30.2 Å². The van der Waals surface area contributed by atoms with Crippen LogP contribution in [-0.2, 0) is 14.3 Å². The summed E-state index contributed by atoms with van der Waals surface area (Å²) in [6, 6.07) is 0. The van der Waals surface area contributed by atoms with Crippen molar-refractivity contribution in [3.63, 3.8) is 0 Å². The van der Waals surface area contributed by atoms with Crippen molar-refractivity contribution in [1.29, 1.82) is 0 Å². The molecule has 4 aliphatic rings. The molecule has 32 heavy (non-hydrogen) atoms. The van der Waals surface area contributed by atoms with Gasteiger partial charge < -0.3 is 14.9 Å². The molecule has 2 bridgehead atoms. The molecule has 0 aromatic heterocycles. The fourth-order valence-corrected chi connectivity index (χ4v) is 7.41. The summed E-state index contributed by atoms with van der Waals surface area (Å²) in [4.78, 5) is 24.9. The highest BCUT2D eigenvalue weighted by atomic mass is 16.6. The van der Waals surface area contributed by atoms with Gasteiger partial charge in [0, 0.05) is 18.8 Å². The summed E-state index contributed by atoms with van der Waals surface area (Å²) in [6.45, 7) is 7.31. The van der Waals surface area contributed by atoms with Gasteiger partial charge in [-0.05, 0) is 88.2 Å². The van der Waals surface area contributed by atoms with Crippen LogP contribution in [-0.4, -0.2) is 39.8 Å². The summed E-state index contributed by atoms with van der Waals surface area (Å²) in [5.41, 5.74) is 1.20. The third kappa shape index (κ3) is 3.92. The minimum absolute atomic E-state index is 0.0429. The molecule has 5 nitrogen and oxygen atoms in total. The van der Waals surface area contributed by atoms with Crippen LogP contribution in [0.4, 0.5) is 0 Å². The second-order valence-corrected chi connectivity index (χ2v) is 10.9. The molecular weight excluding hydrogens is 404 g/mol. The minimum Gasteiger partial charge on any atom is -0.455 e. The maximum atomic E-state index is 13.1. The van der Waals surface area contributed by atoms with Crippen LogP contribution < -0.4 is 0 Å². The Labute approximate surface area is 191 Å². The van der Waals surface area contributed by atoms with Crippen molar-refractivity contribution in [3.8, 4) is 0 Å². The number of carbonyl (C=O) groups excluding carboxylic acids is 2. The number of aliphatic hydroxyl groups is 2. The first-order valence-corrected chi connectivity index (χ1v) is 12.2. The number of allylic oxidation sites excluding steroid dienone is 4. The average molecular weight is 443 g/mol. The number of hydrogen-bond acceptors (Lipinski definition) is 5. The van der Waals surface area contributed by atoms with Crippen molar-refractivity contribution in [2.75, 3.05) is 0 Å². The van der Waals surface area contributed by atoms with Gasteiger partial charge in [0.2, 0.25) is 0 Å². The lowest BCUT2D eigenvalue weighted by Gasteiger charge is -2.50. The smallest absolute Gasteiger partial charge is 0.303 e. The third-order valence-electron chi connectivity index (χ3n) is 8.90. The van der Waals surface area contributed by atoms with Crippen molar-refractivity contribution in [1.82, 2.24) is 0 Å². The van der Waals surface area contributed by atoms with E-state index in [-0.39, 0.29) is 34.9 Å². The Morgan fingerprint density at radius 2 is 2.09 bits per heavy atom. The molecule has 2 fully saturated rings. The Hall–Kier alpha value is -1.72. The molecule has 4 rings (SSSR count). The molecule has 2 N–H and O–H groups in total. The number of ketones is 1. The van der Waals surface area contributed by atoms with Gasteiger partial charge in [0.25, 0.3) is 0 Å². The lowest BCUT2D eigenvalue weighted by atomic mass is 9.56. The molecule has 0 aliphatic heterocycles. The Balaban J connectivity index is 1.68. The molecule has 5 heteroatoms. The molecule has 0 saturated heterocycles. The van der Waals surface area contributed by atoms with Gasteiger partial charge >= 0.3 is 5.97 Å². The van der Waals surface area contributed by atoms with Gasteiger partial charge in [-0.25, -0.2) is 0 Å². The van der Waals surface area contributed by atoms with Gasteiger partial charge in [-0.2, -0.15) is 0 Å². The van der Waals surface area contributed by atoms with E-state index in [0.29, 0.717) is 12.8 Å². The van der Waals surface area contributed by atoms with Crippen LogP contribution in [0.5, 0.6) is 0 Å². The molecule has 176 valence electrons. The quantitative estimate of drug-likeness (QED) is 0.501. The van der Waals surface area contributed by atoms with Crippen LogP contribution >= 0.6 is 0 Å². The first-order valence-electron chi connectivity index (χ1n) is 12.2. The van der Waals surface area contributed by atoms with Gasteiger partial charge in [0.15, 0.2) is 5.78 Å². The van der Waals surface area contributed by atoms with Crippen molar-refractivity contribution in [3.05, 3.63) is 35.5 Å². The van der Waals surface area contributed by atoms with Gasteiger partial charge in [0.05, 0.1) is 6.10 Å². The van der Waals surface area contributed by atoms with E-state index >= 15 is 0 Å². The van der Waals surface area contributed by atoms with E-state index in [1.807, 2.05) is 19.1 Å². The summed E-state index contributed by atoms with van der Waals surface area (Å²) in [5.74, 6) is 0.101. The second-order valence-electron chi connectivity index (χ2n) is 10.9. The Morgan fingerprint density at radius 1 is 1.34 bits per heavy atom. The molecular formula is C27H38O5. The van der Waals surface area contributed by atoms with Crippen LogP contribution in [0.2, 0.25) is 0 Å². The van der Waals surface area contributed by atoms with Gasteiger partial charge in [0.1, 0.15) is 11.7 Å². The van der Waals surface area contributed by atoms with E-state index in [2.05, 4.69) is 13.0 Å². The molecule has 0 aromatic carbocycles. The average Bonchev–Trinajstić information content (AvgIpc) is 2.87. The summed E-state index contributed by atoms with van der Waals surface area (Å²) < 4.78 is 5.54. The molecule has 0 amide bonds. The highest BCUT2D eigenvalue weighted by Gasteiger charge is 2.59. The normalized spacial score (nSPS) is 39.7. The van der Waals surface area contributed by atoms with Crippen molar-refractivity contribution in [2.45, 2.75) is 90.4 Å². The van der Waals surface area contributed by atoms with Crippen LogP contribution in [0.3, 0.4) is 0 Å². The molecule has 1 unspecified atom stereocenters. The van der Waals surface area contributed by atoms with E-state index in [1.165, 1.54) is 18.1 Å². The zero-order valence-electron chi connectivity index (χ0n) is 19.8. The predicted octanol–water partition coefficient (Wildman–Crippen LogP) is 4.28. The third-order valence-corrected chi connectivity index (χ3v) is 8.90. The number of fused-ring (bicyclic) bond motifs is 6. The number of carbonyl (C=O) groups is 2. The lowest BCUT2D eigenvalue weighted by molar-refractivity contribution is -0.168. The molecule has 8 atom stereocenters. The zero-order chi connectivity index (χ0) is 23.3. The highest BCUT2D eigenvalue weighted by Crippen LogP contribution is 2.63. The Morgan fingerprint density at radius 3 is 2.78 bits per heavy atom. The monoisotopic (exact) mass is 442 g/mol. The van der Waals surface area contributed by atoms with Crippen molar-refractivity contribution in [2.24, 2.45) is 29.1 Å². The minimum atomic E-state index is -1.19. The summed E-state index contributed by atoms with van der Waals surface area (Å²) in [7, 11) is 0. The molecule has 0 aromatic rings. The summed E-state index contributed by atoms with van der Waals surface area (Å²) in [5, 5.41) is 22.0. The van der Waals surface area contributed by atoms with E-state index in [9.17, 15) is 19.8 Å². The Kier molecular flexibility index (Phi) is 6.28. The van der Waals surface area contributed by atoms with Crippen LogP contribution in [0.15, 0.2) is 35.5 Å².